The molecule has 146 valence electrons. The molecule has 0 aliphatic carbocycles. The summed E-state index contributed by atoms with van der Waals surface area (Å²) in [5, 5.41) is 31.6. The van der Waals surface area contributed by atoms with Crippen LogP contribution >= 0.6 is 0 Å². The highest BCUT2D eigenvalue weighted by Gasteiger charge is 2.42. The number of aliphatic hydroxyl groups excluding tert-OH is 3. The number of carbonyl (C=O) groups is 1. The van der Waals surface area contributed by atoms with Gasteiger partial charge in [-0.05, 0) is 24.5 Å². The molecule has 1 aromatic carbocycles. The Morgan fingerprint density at radius 2 is 1.77 bits per heavy atom. The standard InChI is InChI=1S/C21H32O5/c1-6-10-14(2)19(24)15(3)20(25)21(4,5)17(22)13-18(23)26-16-11-8-7-9-12-16/h6-9,11-12,14-15,17,19-20,22,24-25H,1,10,13H2,2-5H3/t14-,15+,17-,19-,20+/m0/s1. The maximum Gasteiger partial charge on any atom is 0.313 e. The third-order valence-electron chi connectivity index (χ3n) is 5.11. The molecule has 0 aliphatic rings. The lowest BCUT2D eigenvalue weighted by atomic mass is 9.72. The van der Waals surface area contributed by atoms with Gasteiger partial charge >= 0.3 is 5.97 Å². The van der Waals surface area contributed by atoms with Crippen molar-refractivity contribution in [3.63, 3.8) is 0 Å². The zero-order valence-electron chi connectivity index (χ0n) is 16.1. The number of para-hydroxylation sites is 1. The minimum atomic E-state index is -1.11. The molecule has 0 bridgehead atoms. The van der Waals surface area contributed by atoms with Crippen LogP contribution in [0.5, 0.6) is 5.75 Å². The molecule has 0 aromatic heterocycles. The van der Waals surface area contributed by atoms with Crippen LogP contribution < -0.4 is 4.74 Å². The van der Waals surface area contributed by atoms with E-state index in [1.54, 1.807) is 51.1 Å². The molecule has 0 amide bonds. The molecular formula is C21H32O5. The molecule has 3 N–H and O–H groups in total. The Balaban J connectivity index is 2.71. The Labute approximate surface area is 156 Å². The topological polar surface area (TPSA) is 87.0 Å². The Morgan fingerprint density at radius 1 is 1.19 bits per heavy atom. The largest absolute Gasteiger partial charge is 0.426 e. The third-order valence-corrected chi connectivity index (χ3v) is 5.11. The SMILES string of the molecule is C=CC[C@H](C)[C@H](O)[C@@H](C)[C@@H](O)C(C)(C)[C@@H](O)CC(=O)Oc1ccccc1. The van der Waals surface area contributed by atoms with E-state index in [4.69, 9.17) is 4.74 Å². The molecule has 0 saturated heterocycles. The summed E-state index contributed by atoms with van der Waals surface area (Å²) < 4.78 is 5.20. The van der Waals surface area contributed by atoms with Crippen LogP contribution in [0.15, 0.2) is 43.0 Å². The zero-order valence-corrected chi connectivity index (χ0v) is 16.1. The van der Waals surface area contributed by atoms with E-state index in [1.807, 2.05) is 13.0 Å². The molecule has 1 aromatic rings. The van der Waals surface area contributed by atoms with E-state index >= 15 is 0 Å². The Hall–Kier alpha value is -1.69. The fourth-order valence-electron chi connectivity index (χ4n) is 3.06. The fraction of sp³-hybridized carbons (Fsp3) is 0.571. The first-order valence-corrected chi connectivity index (χ1v) is 9.02. The van der Waals surface area contributed by atoms with Crippen LogP contribution in [0.1, 0.15) is 40.5 Å². The molecule has 0 heterocycles. The molecule has 0 fully saturated rings. The van der Waals surface area contributed by atoms with Gasteiger partial charge in [0.2, 0.25) is 0 Å². The van der Waals surface area contributed by atoms with Gasteiger partial charge in [-0.1, -0.05) is 52.0 Å². The van der Waals surface area contributed by atoms with Crippen molar-refractivity contribution in [2.45, 2.75) is 58.8 Å². The average molecular weight is 364 g/mol. The predicted octanol–water partition coefficient (Wildman–Crippen LogP) is 2.94. The van der Waals surface area contributed by atoms with E-state index in [1.165, 1.54) is 0 Å². The first-order chi connectivity index (χ1) is 12.1. The molecule has 5 nitrogen and oxygen atoms in total. The molecule has 0 aliphatic heterocycles. The number of carbonyl (C=O) groups excluding carboxylic acids is 1. The van der Waals surface area contributed by atoms with Gasteiger partial charge in [-0.3, -0.25) is 4.79 Å². The lowest BCUT2D eigenvalue weighted by Gasteiger charge is -2.40. The van der Waals surface area contributed by atoms with Gasteiger partial charge < -0.3 is 20.1 Å². The first-order valence-electron chi connectivity index (χ1n) is 9.02. The molecule has 5 atom stereocenters. The minimum absolute atomic E-state index is 0.0619. The van der Waals surface area contributed by atoms with Crippen molar-refractivity contribution in [3.8, 4) is 5.75 Å². The van der Waals surface area contributed by atoms with Crippen LogP contribution in [-0.4, -0.2) is 39.6 Å². The van der Waals surface area contributed by atoms with Crippen molar-refractivity contribution in [2.75, 3.05) is 0 Å². The highest BCUT2D eigenvalue weighted by Crippen LogP contribution is 2.35. The number of hydrogen-bond donors (Lipinski definition) is 3. The smallest absolute Gasteiger partial charge is 0.313 e. The summed E-state index contributed by atoms with van der Waals surface area (Å²) in [6.45, 7) is 10.7. The van der Waals surface area contributed by atoms with Gasteiger partial charge in [-0.15, -0.1) is 6.58 Å². The summed E-state index contributed by atoms with van der Waals surface area (Å²) in [4.78, 5) is 12.1. The molecule has 0 radical (unpaired) electrons. The second-order valence-corrected chi connectivity index (χ2v) is 7.62. The zero-order chi connectivity index (χ0) is 19.9. The van der Waals surface area contributed by atoms with Crippen LogP contribution in [0.4, 0.5) is 0 Å². The van der Waals surface area contributed by atoms with Crippen molar-refractivity contribution in [3.05, 3.63) is 43.0 Å². The van der Waals surface area contributed by atoms with Gasteiger partial charge in [-0.2, -0.15) is 0 Å². The molecule has 5 heteroatoms. The maximum absolute atomic E-state index is 12.1. The second-order valence-electron chi connectivity index (χ2n) is 7.62. The highest BCUT2D eigenvalue weighted by molar-refractivity contribution is 5.73. The van der Waals surface area contributed by atoms with Crippen LogP contribution in [0.3, 0.4) is 0 Å². The van der Waals surface area contributed by atoms with Crippen molar-refractivity contribution in [2.24, 2.45) is 17.3 Å². The monoisotopic (exact) mass is 364 g/mol. The van der Waals surface area contributed by atoms with E-state index in [2.05, 4.69) is 6.58 Å². The lowest BCUT2D eigenvalue weighted by molar-refractivity contribution is -0.143. The number of rotatable bonds is 10. The Morgan fingerprint density at radius 3 is 2.31 bits per heavy atom. The fourth-order valence-corrected chi connectivity index (χ4v) is 3.06. The van der Waals surface area contributed by atoms with Gasteiger partial charge in [0.1, 0.15) is 5.75 Å². The van der Waals surface area contributed by atoms with Crippen LogP contribution in [0.25, 0.3) is 0 Å². The summed E-state index contributed by atoms with van der Waals surface area (Å²) in [5.41, 5.74) is -0.996. The second kappa shape index (κ2) is 9.86. The number of aliphatic hydroxyl groups is 3. The normalized spacial score (nSPS) is 17.7. The lowest BCUT2D eigenvalue weighted by Crippen LogP contribution is -2.48. The first kappa shape index (κ1) is 22.4. The molecule has 0 saturated carbocycles. The Kier molecular flexibility index (Phi) is 8.47. The molecule has 0 spiro atoms. The minimum Gasteiger partial charge on any atom is -0.426 e. The number of hydrogen-bond acceptors (Lipinski definition) is 5. The molecule has 0 unspecified atom stereocenters. The summed E-state index contributed by atoms with van der Waals surface area (Å²) in [5.74, 6) is -0.699. The van der Waals surface area contributed by atoms with Crippen molar-refractivity contribution >= 4 is 5.97 Å². The Bertz CT molecular complexity index is 569. The number of benzene rings is 1. The van der Waals surface area contributed by atoms with E-state index in [9.17, 15) is 20.1 Å². The highest BCUT2D eigenvalue weighted by atomic mass is 16.5. The van der Waals surface area contributed by atoms with E-state index in [-0.39, 0.29) is 12.3 Å². The van der Waals surface area contributed by atoms with Crippen molar-refractivity contribution in [1.29, 1.82) is 0 Å². The summed E-state index contributed by atoms with van der Waals surface area (Å²) in [6, 6.07) is 8.62. The van der Waals surface area contributed by atoms with Gasteiger partial charge in [-0.25, -0.2) is 0 Å². The van der Waals surface area contributed by atoms with E-state index in [0.29, 0.717) is 12.2 Å². The maximum atomic E-state index is 12.1. The van der Waals surface area contributed by atoms with Crippen LogP contribution in [0, 0.1) is 17.3 Å². The number of allylic oxidation sites excluding steroid dienone is 1. The third kappa shape index (κ3) is 5.94. The van der Waals surface area contributed by atoms with E-state index < -0.39 is 35.6 Å². The van der Waals surface area contributed by atoms with Gasteiger partial charge in [0.15, 0.2) is 0 Å². The van der Waals surface area contributed by atoms with Crippen LogP contribution in [0.2, 0.25) is 0 Å². The molecule has 26 heavy (non-hydrogen) atoms. The van der Waals surface area contributed by atoms with Crippen LogP contribution in [-0.2, 0) is 4.79 Å². The van der Waals surface area contributed by atoms with Gasteiger partial charge in [0.25, 0.3) is 0 Å². The summed E-state index contributed by atoms with van der Waals surface area (Å²) >= 11 is 0. The number of ether oxygens (including phenoxy) is 1. The van der Waals surface area contributed by atoms with Gasteiger partial charge in [0.05, 0.1) is 24.7 Å². The van der Waals surface area contributed by atoms with Crippen molar-refractivity contribution < 1.29 is 24.9 Å². The predicted molar refractivity (Wildman–Crippen MR) is 102 cm³/mol. The summed E-state index contributed by atoms with van der Waals surface area (Å²) in [7, 11) is 0. The summed E-state index contributed by atoms with van der Waals surface area (Å²) in [6.07, 6.45) is -0.741. The molecular weight excluding hydrogens is 332 g/mol. The molecule has 1 rings (SSSR count). The average Bonchev–Trinajstić information content (AvgIpc) is 2.60. The number of esters is 1. The van der Waals surface area contributed by atoms with Gasteiger partial charge in [0, 0.05) is 11.3 Å². The van der Waals surface area contributed by atoms with E-state index in [0.717, 1.165) is 0 Å². The van der Waals surface area contributed by atoms with Crippen molar-refractivity contribution in [1.82, 2.24) is 0 Å². The quantitative estimate of drug-likeness (QED) is 0.338.